The van der Waals surface area contributed by atoms with Gasteiger partial charge in [-0.3, -0.25) is 0 Å². The number of hydrogen-bond acceptors (Lipinski definition) is 0. The molecule has 0 aromatic heterocycles. The van der Waals surface area contributed by atoms with Crippen molar-refractivity contribution in [2.24, 2.45) is 0 Å². The second-order valence-electron chi connectivity index (χ2n) is 4.85. The van der Waals surface area contributed by atoms with Crippen LogP contribution in [-0.4, -0.2) is 5.96 Å². The fraction of sp³-hybridized carbons (Fsp3) is 0. The SMILES string of the molecule is [Br-].c1ccc(NC(Nc2ccccc2)=[NH+]c2ccccc2)cc1. The topological polar surface area (TPSA) is 38.0 Å². The largest absolute Gasteiger partial charge is 1.00 e. The van der Waals surface area contributed by atoms with Crippen LogP contribution < -0.4 is 32.6 Å². The van der Waals surface area contributed by atoms with E-state index < -0.39 is 0 Å². The number of hydrogen-bond donors (Lipinski definition) is 3. The lowest BCUT2D eigenvalue weighted by Gasteiger charge is -2.06. The van der Waals surface area contributed by atoms with E-state index in [0.29, 0.717) is 0 Å². The van der Waals surface area contributed by atoms with E-state index >= 15 is 0 Å². The van der Waals surface area contributed by atoms with Crippen molar-refractivity contribution < 1.29 is 22.0 Å². The highest BCUT2D eigenvalue weighted by atomic mass is 79.9. The molecule has 116 valence electrons. The zero-order valence-corrected chi connectivity index (χ0v) is 14.1. The van der Waals surface area contributed by atoms with E-state index in [4.69, 9.17) is 0 Å². The molecule has 3 rings (SSSR count). The van der Waals surface area contributed by atoms with Gasteiger partial charge < -0.3 is 17.0 Å². The van der Waals surface area contributed by atoms with Gasteiger partial charge >= 0.3 is 5.96 Å². The fourth-order valence-electron chi connectivity index (χ4n) is 2.09. The molecule has 0 unspecified atom stereocenters. The molecule has 0 amide bonds. The van der Waals surface area contributed by atoms with Crippen molar-refractivity contribution in [1.29, 1.82) is 0 Å². The first-order valence-electron chi connectivity index (χ1n) is 7.23. The third-order valence-electron chi connectivity index (χ3n) is 3.13. The lowest BCUT2D eigenvalue weighted by Crippen LogP contribution is -3.00. The Hall–Kier alpha value is -2.59. The molecule has 0 fully saturated rings. The summed E-state index contributed by atoms with van der Waals surface area (Å²) in [5, 5.41) is 6.74. The van der Waals surface area contributed by atoms with Crippen LogP contribution in [0.15, 0.2) is 91.0 Å². The quantitative estimate of drug-likeness (QED) is 0.449. The Balaban J connectivity index is 0.00000192. The monoisotopic (exact) mass is 367 g/mol. The minimum absolute atomic E-state index is 0. The molecular weight excluding hydrogens is 350 g/mol. The summed E-state index contributed by atoms with van der Waals surface area (Å²) in [5.74, 6) is 0.809. The van der Waals surface area contributed by atoms with E-state index in [1.54, 1.807) is 0 Å². The molecule has 0 saturated heterocycles. The number of nitrogens with one attached hydrogen (secondary N) is 3. The molecule has 0 saturated carbocycles. The van der Waals surface area contributed by atoms with Crippen molar-refractivity contribution in [3.63, 3.8) is 0 Å². The number of guanidine groups is 1. The van der Waals surface area contributed by atoms with Crippen LogP contribution in [-0.2, 0) is 0 Å². The first-order valence-corrected chi connectivity index (χ1v) is 7.23. The van der Waals surface area contributed by atoms with Crippen molar-refractivity contribution in [1.82, 2.24) is 0 Å². The van der Waals surface area contributed by atoms with Gasteiger partial charge in [-0.15, -0.1) is 0 Å². The van der Waals surface area contributed by atoms with Crippen molar-refractivity contribution in [3.05, 3.63) is 91.0 Å². The number of benzene rings is 3. The molecule has 3 aromatic rings. The van der Waals surface area contributed by atoms with Crippen LogP contribution in [0.4, 0.5) is 17.1 Å². The maximum atomic E-state index is 3.37. The summed E-state index contributed by atoms with van der Waals surface area (Å²) in [6, 6.07) is 30.2. The molecular formula is C19H18BrN3. The predicted molar refractivity (Wildman–Crippen MR) is 92.2 cm³/mol. The molecule has 0 aliphatic rings. The lowest BCUT2D eigenvalue weighted by molar-refractivity contribution is -0.353. The van der Waals surface area contributed by atoms with Crippen LogP contribution in [0.3, 0.4) is 0 Å². The minimum Gasteiger partial charge on any atom is -1.00 e. The van der Waals surface area contributed by atoms with Crippen LogP contribution in [0.1, 0.15) is 0 Å². The molecule has 0 atom stereocenters. The van der Waals surface area contributed by atoms with Gasteiger partial charge in [-0.1, -0.05) is 54.6 Å². The lowest BCUT2D eigenvalue weighted by atomic mass is 10.3. The van der Waals surface area contributed by atoms with Crippen molar-refractivity contribution in [2.45, 2.75) is 0 Å². The average Bonchev–Trinajstić information content (AvgIpc) is 2.57. The number of halogens is 1. The van der Waals surface area contributed by atoms with Gasteiger partial charge in [0.2, 0.25) is 0 Å². The van der Waals surface area contributed by atoms with Crippen LogP contribution >= 0.6 is 0 Å². The summed E-state index contributed by atoms with van der Waals surface area (Å²) in [6.07, 6.45) is 0. The van der Waals surface area contributed by atoms with E-state index in [-0.39, 0.29) is 17.0 Å². The molecule has 0 aliphatic heterocycles. The van der Waals surface area contributed by atoms with Gasteiger partial charge in [0.1, 0.15) is 0 Å². The summed E-state index contributed by atoms with van der Waals surface area (Å²) in [7, 11) is 0. The van der Waals surface area contributed by atoms with Gasteiger partial charge in [0.15, 0.2) is 0 Å². The van der Waals surface area contributed by atoms with E-state index in [2.05, 4.69) is 15.6 Å². The van der Waals surface area contributed by atoms with E-state index in [9.17, 15) is 0 Å². The van der Waals surface area contributed by atoms with Crippen LogP contribution in [0.2, 0.25) is 0 Å². The Labute approximate surface area is 146 Å². The predicted octanol–water partition coefficient (Wildman–Crippen LogP) is -0.0171. The number of rotatable bonds is 3. The first kappa shape index (κ1) is 16.8. The van der Waals surface area contributed by atoms with Gasteiger partial charge in [0.05, 0.1) is 17.1 Å². The third-order valence-corrected chi connectivity index (χ3v) is 3.13. The van der Waals surface area contributed by atoms with E-state index in [0.717, 1.165) is 23.0 Å². The molecule has 0 spiro atoms. The van der Waals surface area contributed by atoms with Crippen molar-refractivity contribution >= 4 is 23.0 Å². The van der Waals surface area contributed by atoms with Gasteiger partial charge in [-0.05, 0) is 36.4 Å². The summed E-state index contributed by atoms with van der Waals surface area (Å²) in [5.41, 5.74) is 3.05. The van der Waals surface area contributed by atoms with Crippen LogP contribution in [0.25, 0.3) is 0 Å². The summed E-state index contributed by atoms with van der Waals surface area (Å²) < 4.78 is 0. The minimum atomic E-state index is 0. The molecule has 0 aliphatic carbocycles. The zero-order valence-electron chi connectivity index (χ0n) is 12.5. The Morgan fingerprint density at radius 3 is 1.39 bits per heavy atom. The Morgan fingerprint density at radius 1 is 0.565 bits per heavy atom. The number of para-hydroxylation sites is 3. The summed E-state index contributed by atoms with van der Waals surface area (Å²) >= 11 is 0. The van der Waals surface area contributed by atoms with Gasteiger partial charge in [0, 0.05) is 0 Å². The average molecular weight is 368 g/mol. The van der Waals surface area contributed by atoms with E-state index in [1.165, 1.54) is 0 Å². The Bertz CT molecular complexity index is 685. The second kappa shape index (κ2) is 8.76. The maximum absolute atomic E-state index is 3.37. The number of anilines is 2. The molecule has 0 radical (unpaired) electrons. The normalized spacial score (nSPS) is 9.39. The zero-order chi connectivity index (χ0) is 15.0. The first-order chi connectivity index (χ1) is 10.9. The van der Waals surface area contributed by atoms with Crippen LogP contribution in [0.5, 0.6) is 0 Å². The second-order valence-corrected chi connectivity index (χ2v) is 4.85. The maximum Gasteiger partial charge on any atom is 0.358 e. The molecule has 0 bridgehead atoms. The molecule has 3 nitrogen and oxygen atoms in total. The summed E-state index contributed by atoms with van der Waals surface area (Å²) in [4.78, 5) is 3.37. The van der Waals surface area contributed by atoms with Gasteiger partial charge in [0.25, 0.3) is 0 Å². The van der Waals surface area contributed by atoms with Gasteiger partial charge in [-0.25, -0.2) is 15.6 Å². The van der Waals surface area contributed by atoms with Crippen LogP contribution in [0, 0.1) is 0 Å². The third kappa shape index (κ3) is 5.27. The molecule has 4 heteroatoms. The summed E-state index contributed by atoms with van der Waals surface area (Å²) in [6.45, 7) is 0. The highest BCUT2D eigenvalue weighted by Gasteiger charge is 2.08. The van der Waals surface area contributed by atoms with Gasteiger partial charge in [-0.2, -0.15) is 0 Å². The smallest absolute Gasteiger partial charge is 0.358 e. The Kier molecular flexibility index (Phi) is 6.39. The standard InChI is InChI=1S/C19H17N3.BrH/c1-4-10-16(11-5-1)20-19(21-17-12-6-2-7-13-17)22-18-14-8-3-9-15-18;/h1-15H,(H2,20,21,22);1H. The molecule has 3 aromatic carbocycles. The fourth-order valence-corrected chi connectivity index (χ4v) is 2.09. The molecule has 3 N–H and O–H groups in total. The molecule has 0 heterocycles. The van der Waals surface area contributed by atoms with Crippen molar-refractivity contribution in [2.75, 3.05) is 10.6 Å². The highest BCUT2D eigenvalue weighted by molar-refractivity contribution is 6.00. The Morgan fingerprint density at radius 2 is 0.957 bits per heavy atom. The molecule has 23 heavy (non-hydrogen) atoms. The van der Waals surface area contributed by atoms with Crippen molar-refractivity contribution in [3.8, 4) is 0 Å². The highest BCUT2D eigenvalue weighted by Crippen LogP contribution is 2.07. The van der Waals surface area contributed by atoms with E-state index in [1.807, 2.05) is 91.0 Å².